The number of rotatable bonds is 7. The largest absolute Gasteiger partial charge is 0.487 e. The van der Waals surface area contributed by atoms with E-state index in [1.807, 2.05) is 77.5 Å². The Morgan fingerprint density at radius 2 is 1.97 bits per heavy atom. The van der Waals surface area contributed by atoms with Crippen molar-refractivity contribution in [3.05, 3.63) is 96.4 Å². The molecule has 1 saturated heterocycles. The van der Waals surface area contributed by atoms with Crippen molar-refractivity contribution in [2.45, 2.75) is 19.3 Å². The number of imidazole rings is 1. The average Bonchev–Trinajstić information content (AvgIpc) is 3.27. The number of nitrogens with zero attached hydrogens (tertiary/aromatic N) is 3. The van der Waals surface area contributed by atoms with Gasteiger partial charge in [-0.2, -0.15) is 0 Å². The summed E-state index contributed by atoms with van der Waals surface area (Å²) < 4.78 is 13.6. The van der Waals surface area contributed by atoms with E-state index >= 15 is 0 Å². The number of morpholine rings is 1. The summed E-state index contributed by atoms with van der Waals surface area (Å²) in [5.41, 5.74) is 3.63. The van der Waals surface area contributed by atoms with Gasteiger partial charge < -0.3 is 19.2 Å². The van der Waals surface area contributed by atoms with E-state index in [0.29, 0.717) is 31.2 Å². The van der Waals surface area contributed by atoms with Crippen LogP contribution in [0.25, 0.3) is 5.65 Å². The van der Waals surface area contributed by atoms with Crippen LogP contribution in [-0.4, -0.2) is 46.0 Å². The molecule has 168 valence electrons. The van der Waals surface area contributed by atoms with Gasteiger partial charge in [-0.25, -0.2) is 4.98 Å². The minimum Gasteiger partial charge on any atom is -0.487 e. The molecule has 7 nitrogen and oxygen atoms in total. The van der Waals surface area contributed by atoms with Crippen molar-refractivity contribution < 1.29 is 14.3 Å². The van der Waals surface area contributed by atoms with Crippen LogP contribution in [0.3, 0.4) is 0 Å². The van der Waals surface area contributed by atoms with Gasteiger partial charge in [0.2, 0.25) is 0 Å². The standard InChI is InChI=1S/C26H26N4O3/c31-26(24-18-29(13-14-32-24)16-20-7-2-1-3-8-20)28-21-9-6-10-23(15-21)33-19-22-17-30-12-5-4-11-25(30)27-22/h1-12,15,17,24H,13-14,16,18-19H2,(H,28,31). The molecule has 1 aliphatic rings. The molecule has 5 rings (SSSR count). The monoisotopic (exact) mass is 442 g/mol. The van der Waals surface area contributed by atoms with Gasteiger partial charge in [-0.15, -0.1) is 0 Å². The number of hydrogen-bond donors (Lipinski definition) is 1. The van der Waals surface area contributed by atoms with E-state index in [0.717, 1.165) is 24.4 Å². The maximum Gasteiger partial charge on any atom is 0.254 e. The first-order valence-corrected chi connectivity index (χ1v) is 11.1. The lowest BCUT2D eigenvalue weighted by Gasteiger charge is -2.32. The molecule has 7 heteroatoms. The Kier molecular flexibility index (Phi) is 6.32. The topological polar surface area (TPSA) is 68.1 Å². The van der Waals surface area contributed by atoms with Crippen molar-refractivity contribution >= 4 is 17.2 Å². The molecule has 1 amide bonds. The normalized spacial score (nSPS) is 16.5. The number of ether oxygens (including phenoxy) is 2. The Morgan fingerprint density at radius 3 is 2.85 bits per heavy atom. The lowest BCUT2D eigenvalue weighted by Crippen LogP contribution is -2.47. The molecular formula is C26H26N4O3. The van der Waals surface area contributed by atoms with Gasteiger partial charge in [0.05, 0.1) is 12.3 Å². The van der Waals surface area contributed by atoms with Gasteiger partial charge in [0.1, 0.15) is 24.1 Å². The highest BCUT2D eigenvalue weighted by molar-refractivity contribution is 5.94. The number of carbonyl (C=O) groups is 1. The minimum absolute atomic E-state index is 0.148. The molecule has 0 aliphatic carbocycles. The predicted octanol–water partition coefficient (Wildman–Crippen LogP) is 3.75. The van der Waals surface area contributed by atoms with Gasteiger partial charge in [0.25, 0.3) is 5.91 Å². The molecule has 1 N–H and O–H groups in total. The first-order chi connectivity index (χ1) is 16.2. The van der Waals surface area contributed by atoms with Crippen LogP contribution in [0.2, 0.25) is 0 Å². The van der Waals surface area contributed by atoms with Crippen molar-refractivity contribution in [3.8, 4) is 5.75 Å². The fourth-order valence-corrected chi connectivity index (χ4v) is 3.95. The lowest BCUT2D eigenvalue weighted by molar-refractivity contribution is -0.133. The highest BCUT2D eigenvalue weighted by Crippen LogP contribution is 2.20. The quantitative estimate of drug-likeness (QED) is 0.472. The van der Waals surface area contributed by atoms with E-state index in [4.69, 9.17) is 9.47 Å². The second-order valence-corrected chi connectivity index (χ2v) is 8.08. The SMILES string of the molecule is O=C(Nc1cccc(OCc2cn3ccccc3n2)c1)C1CN(Cc2ccccc2)CCO1. The fraction of sp³-hybridized carbons (Fsp3) is 0.231. The molecule has 1 unspecified atom stereocenters. The van der Waals surface area contributed by atoms with Gasteiger partial charge in [-0.1, -0.05) is 42.5 Å². The van der Waals surface area contributed by atoms with Crippen LogP contribution >= 0.6 is 0 Å². The summed E-state index contributed by atoms with van der Waals surface area (Å²) in [6.45, 7) is 3.06. The maximum atomic E-state index is 12.8. The molecule has 1 fully saturated rings. The molecule has 2 aromatic heterocycles. The summed E-state index contributed by atoms with van der Waals surface area (Å²) in [5.74, 6) is 0.519. The number of carbonyl (C=O) groups excluding carboxylic acids is 1. The summed E-state index contributed by atoms with van der Waals surface area (Å²) in [5, 5.41) is 2.97. The zero-order valence-electron chi connectivity index (χ0n) is 18.3. The summed E-state index contributed by atoms with van der Waals surface area (Å²) in [4.78, 5) is 19.6. The van der Waals surface area contributed by atoms with E-state index in [1.165, 1.54) is 5.56 Å². The Bertz CT molecular complexity index is 1190. The summed E-state index contributed by atoms with van der Waals surface area (Å²) in [6, 6.07) is 23.5. The Hall–Kier alpha value is -3.68. The van der Waals surface area contributed by atoms with Crippen LogP contribution in [-0.2, 0) is 22.7 Å². The Labute approximate surface area is 192 Å². The highest BCUT2D eigenvalue weighted by atomic mass is 16.5. The number of aromatic nitrogens is 2. The zero-order chi connectivity index (χ0) is 22.5. The number of fused-ring (bicyclic) bond motifs is 1. The molecule has 3 heterocycles. The smallest absolute Gasteiger partial charge is 0.254 e. The van der Waals surface area contributed by atoms with Gasteiger partial charge in [-0.05, 0) is 29.8 Å². The third kappa shape index (κ3) is 5.39. The second kappa shape index (κ2) is 9.85. The first kappa shape index (κ1) is 21.2. The number of hydrogen-bond acceptors (Lipinski definition) is 5. The first-order valence-electron chi connectivity index (χ1n) is 11.1. The van der Waals surface area contributed by atoms with Crippen LogP contribution in [0.5, 0.6) is 5.75 Å². The highest BCUT2D eigenvalue weighted by Gasteiger charge is 2.26. The number of pyridine rings is 1. The van der Waals surface area contributed by atoms with Crippen molar-refractivity contribution in [1.82, 2.24) is 14.3 Å². The molecule has 2 aromatic carbocycles. The third-order valence-corrected chi connectivity index (χ3v) is 5.59. The molecular weight excluding hydrogens is 416 g/mol. The molecule has 0 radical (unpaired) electrons. The van der Waals surface area contributed by atoms with Crippen molar-refractivity contribution in [2.24, 2.45) is 0 Å². The average molecular weight is 443 g/mol. The maximum absolute atomic E-state index is 12.8. The predicted molar refractivity (Wildman–Crippen MR) is 126 cm³/mol. The fourth-order valence-electron chi connectivity index (χ4n) is 3.95. The molecule has 4 aromatic rings. The molecule has 0 bridgehead atoms. The zero-order valence-corrected chi connectivity index (χ0v) is 18.3. The van der Waals surface area contributed by atoms with Gasteiger partial charge in [0.15, 0.2) is 0 Å². The van der Waals surface area contributed by atoms with Crippen LogP contribution in [0.1, 0.15) is 11.3 Å². The van der Waals surface area contributed by atoms with Gasteiger partial charge in [-0.3, -0.25) is 9.69 Å². The van der Waals surface area contributed by atoms with E-state index in [2.05, 4.69) is 27.3 Å². The number of nitrogens with one attached hydrogen (secondary N) is 1. The third-order valence-electron chi connectivity index (χ3n) is 5.59. The van der Waals surface area contributed by atoms with Gasteiger partial charge >= 0.3 is 0 Å². The number of amides is 1. The lowest BCUT2D eigenvalue weighted by atomic mass is 10.2. The van der Waals surface area contributed by atoms with Crippen molar-refractivity contribution in [3.63, 3.8) is 0 Å². The van der Waals surface area contributed by atoms with Crippen LogP contribution in [0.4, 0.5) is 5.69 Å². The minimum atomic E-state index is -0.509. The van der Waals surface area contributed by atoms with Gasteiger partial charge in [0, 0.05) is 43.8 Å². The Morgan fingerprint density at radius 1 is 1.09 bits per heavy atom. The van der Waals surface area contributed by atoms with Crippen molar-refractivity contribution in [1.29, 1.82) is 0 Å². The summed E-state index contributed by atoms with van der Waals surface area (Å²) in [6.07, 6.45) is 3.39. The summed E-state index contributed by atoms with van der Waals surface area (Å²) in [7, 11) is 0. The van der Waals surface area contributed by atoms with Crippen molar-refractivity contribution in [2.75, 3.05) is 25.0 Å². The van der Waals surface area contributed by atoms with Crippen LogP contribution in [0, 0.1) is 0 Å². The molecule has 1 aliphatic heterocycles. The molecule has 0 saturated carbocycles. The number of anilines is 1. The molecule has 1 atom stereocenters. The van der Waals surface area contributed by atoms with Crippen LogP contribution in [0.15, 0.2) is 85.2 Å². The molecule has 33 heavy (non-hydrogen) atoms. The van der Waals surface area contributed by atoms with Crippen LogP contribution < -0.4 is 10.1 Å². The van der Waals surface area contributed by atoms with E-state index in [1.54, 1.807) is 0 Å². The van der Waals surface area contributed by atoms with E-state index in [-0.39, 0.29) is 5.91 Å². The Balaban J connectivity index is 1.17. The second-order valence-electron chi connectivity index (χ2n) is 8.08. The number of benzene rings is 2. The summed E-state index contributed by atoms with van der Waals surface area (Å²) >= 11 is 0. The van der Waals surface area contributed by atoms with E-state index in [9.17, 15) is 4.79 Å². The molecule has 0 spiro atoms. The van der Waals surface area contributed by atoms with E-state index < -0.39 is 6.10 Å².